The lowest BCUT2D eigenvalue weighted by Crippen LogP contribution is -2.50. The summed E-state index contributed by atoms with van der Waals surface area (Å²) in [6, 6.07) is 4.32. The Balaban J connectivity index is 0.00000401. The van der Waals surface area contributed by atoms with Gasteiger partial charge in [-0.15, -0.1) is 23.7 Å². The van der Waals surface area contributed by atoms with Crippen LogP contribution < -0.4 is 15.1 Å². The van der Waals surface area contributed by atoms with Gasteiger partial charge >= 0.3 is 0 Å². The molecule has 0 unspecified atom stereocenters. The number of pyridine rings is 1. The molecular formula is C33H42Cl3N7O3S2. The second-order valence-corrected chi connectivity index (χ2v) is 15.5. The Hall–Kier alpha value is -2.19. The fourth-order valence-corrected chi connectivity index (χ4v) is 9.69. The third-order valence-corrected chi connectivity index (χ3v) is 12.5. The van der Waals surface area contributed by atoms with E-state index >= 15 is 0 Å². The van der Waals surface area contributed by atoms with Crippen molar-refractivity contribution in [2.24, 2.45) is 5.92 Å². The number of amides is 2. The fraction of sp³-hybridized carbons (Fsp3) is 0.576. The van der Waals surface area contributed by atoms with E-state index in [9.17, 15) is 9.59 Å². The molecule has 0 atom stereocenters. The Bertz CT molecular complexity index is 1560. The van der Waals surface area contributed by atoms with Crippen molar-refractivity contribution in [2.45, 2.75) is 51.0 Å². The normalized spacial score (nSPS) is 20.1. The summed E-state index contributed by atoms with van der Waals surface area (Å²) in [5, 5.41) is 7.62. The van der Waals surface area contributed by atoms with Gasteiger partial charge in [0.1, 0.15) is 16.5 Å². The van der Waals surface area contributed by atoms with E-state index in [0.29, 0.717) is 72.0 Å². The topological polar surface area (TPSA) is 94.1 Å². The van der Waals surface area contributed by atoms with Crippen LogP contribution in [0.4, 0.5) is 16.0 Å². The zero-order valence-corrected chi connectivity index (χ0v) is 30.8. The fourth-order valence-electron chi connectivity index (χ4n) is 7.25. The number of nitrogens with zero attached hydrogens (tertiary/aromatic N) is 6. The molecule has 1 aliphatic carbocycles. The maximum Gasteiger partial charge on any atom is 0.259 e. The molecule has 7 rings (SSSR count). The summed E-state index contributed by atoms with van der Waals surface area (Å²) in [7, 11) is 0. The molecule has 3 aliphatic heterocycles. The van der Waals surface area contributed by atoms with Crippen molar-refractivity contribution in [2.75, 3.05) is 80.7 Å². The number of thiophene rings is 1. The molecule has 260 valence electrons. The number of carbonyl (C=O) groups excluding carboxylic acids is 2. The summed E-state index contributed by atoms with van der Waals surface area (Å²) in [4.78, 5) is 45.9. The quantitative estimate of drug-likeness (QED) is 0.283. The molecule has 10 nitrogen and oxygen atoms in total. The van der Waals surface area contributed by atoms with E-state index < -0.39 is 0 Å². The van der Waals surface area contributed by atoms with Gasteiger partial charge in [-0.3, -0.25) is 19.8 Å². The third kappa shape index (κ3) is 8.06. The Labute approximate surface area is 306 Å². The van der Waals surface area contributed by atoms with Crippen LogP contribution in [-0.4, -0.2) is 103 Å². The first-order valence-electron chi connectivity index (χ1n) is 16.8. The third-order valence-electron chi connectivity index (χ3n) is 9.87. The molecular weight excluding hydrogens is 713 g/mol. The van der Waals surface area contributed by atoms with Crippen molar-refractivity contribution in [3.05, 3.63) is 39.3 Å². The van der Waals surface area contributed by atoms with Crippen LogP contribution in [0.5, 0.6) is 0 Å². The van der Waals surface area contributed by atoms with Gasteiger partial charge in [-0.1, -0.05) is 53.8 Å². The molecule has 2 amide bonds. The molecule has 6 heterocycles. The minimum Gasteiger partial charge on any atom is -0.378 e. The Morgan fingerprint density at radius 2 is 1.62 bits per heavy atom. The summed E-state index contributed by atoms with van der Waals surface area (Å²) >= 11 is 16.1. The Kier molecular flexibility index (Phi) is 12.0. The van der Waals surface area contributed by atoms with Crippen molar-refractivity contribution in [1.29, 1.82) is 0 Å². The molecule has 48 heavy (non-hydrogen) atoms. The largest absolute Gasteiger partial charge is 0.378 e. The number of piperidine rings is 1. The van der Waals surface area contributed by atoms with Gasteiger partial charge in [-0.05, 0) is 37.8 Å². The average molecular weight is 755 g/mol. The number of carbonyl (C=O) groups is 2. The predicted molar refractivity (Wildman–Crippen MR) is 198 cm³/mol. The predicted octanol–water partition coefficient (Wildman–Crippen LogP) is 6.78. The van der Waals surface area contributed by atoms with Crippen molar-refractivity contribution in [1.82, 2.24) is 19.8 Å². The number of piperazine rings is 1. The number of halogens is 3. The highest BCUT2D eigenvalue weighted by molar-refractivity contribution is 7.21. The van der Waals surface area contributed by atoms with Crippen molar-refractivity contribution in [3.8, 4) is 10.6 Å². The van der Waals surface area contributed by atoms with Gasteiger partial charge < -0.3 is 19.4 Å². The minimum absolute atomic E-state index is 0. The maximum absolute atomic E-state index is 13.4. The van der Waals surface area contributed by atoms with Crippen LogP contribution in [0.2, 0.25) is 10.0 Å². The van der Waals surface area contributed by atoms with Gasteiger partial charge in [0.25, 0.3) is 5.91 Å². The van der Waals surface area contributed by atoms with Gasteiger partial charge in [0.2, 0.25) is 5.91 Å². The molecule has 0 aromatic carbocycles. The number of ether oxygens (including phenoxy) is 1. The van der Waals surface area contributed by atoms with Gasteiger partial charge in [0.15, 0.2) is 5.13 Å². The zero-order chi connectivity index (χ0) is 32.3. The highest BCUT2D eigenvalue weighted by Crippen LogP contribution is 2.42. The summed E-state index contributed by atoms with van der Waals surface area (Å²) in [6.45, 7) is 7.84. The first-order chi connectivity index (χ1) is 22.9. The molecule has 0 bridgehead atoms. The number of rotatable bonds is 7. The highest BCUT2D eigenvalue weighted by atomic mass is 35.5. The molecule has 3 aromatic heterocycles. The van der Waals surface area contributed by atoms with Gasteiger partial charge in [0.05, 0.1) is 33.7 Å². The van der Waals surface area contributed by atoms with Crippen molar-refractivity contribution >= 4 is 86.0 Å². The molecule has 3 saturated heterocycles. The Morgan fingerprint density at radius 3 is 2.29 bits per heavy atom. The summed E-state index contributed by atoms with van der Waals surface area (Å²) < 4.78 is 5.39. The monoisotopic (exact) mass is 753 g/mol. The van der Waals surface area contributed by atoms with Gasteiger partial charge in [-0.25, -0.2) is 9.97 Å². The van der Waals surface area contributed by atoms with Crippen LogP contribution in [0.1, 0.15) is 55.3 Å². The lowest BCUT2D eigenvalue weighted by atomic mass is 9.94. The molecule has 3 aromatic rings. The number of hydrogen-bond donors (Lipinski definition) is 1. The van der Waals surface area contributed by atoms with Gasteiger partial charge in [-0.2, -0.15) is 0 Å². The smallest absolute Gasteiger partial charge is 0.259 e. The second-order valence-electron chi connectivity index (χ2n) is 12.8. The first-order valence-corrected chi connectivity index (χ1v) is 19.2. The van der Waals surface area contributed by atoms with Crippen LogP contribution in [0.15, 0.2) is 23.7 Å². The first kappa shape index (κ1) is 35.6. The van der Waals surface area contributed by atoms with E-state index in [0.717, 1.165) is 54.6 Å². The minimum atomic E-state index is -0.307. The number of hydrogen-bond acceptors (Lipinski definition) is 10. The van der Waals surface area contributed by atoms with E-state index in [1.165, 1.54) is 43.4 Å². The zero-order valence-electron chi connectivity index (χ0n) is 26.9. The average Bonchev–Trinajstić information content (AvgIpc) is 3.75. The number of morpholine rings is 1. The SMILES string of the molecule is Cl.O=C(Nc1nc(-c2cc(Cl)cs2)c(N2CCN(C3CCCCC3)CC2)s1)c1cnc(N2CCC(C(=O)N3CCOCC3)CC2)c(Cl)c1. The van der Waals surface area contributed by atoms with E-state index in [4.69, 9.17) is 32.9 Å². The van der Waals surface area contributed by atoms with E-state index in [1.807, 2.05) is 16.3 Å². The van der Waals surface area contributed by atoms with Crippen LogP contribution in [0.25, 0.3) is 10.6 Å². The molecule has 0 radical (unpaired) electrons. The molecule has 0 spiro atoms. The molecule has 4 aliphatic rings. The van der Waals surface area contributed by atoms with Crippen LogP contribution in [-0.2, 0) is 9.53 Å². The summed E-state index contributed by atoms with van der Waals surface area (Å²) in [5.41, 5.74) is 1.23. The van der Waals surface area contributed by atoms with E-state index in [1.54, 1.807) is 23.6 Å². The second kappa shape index (κ2) is 16.2. The van der Waals surface area contributed by atoms with E-state index in [-0.39, 0.29) is 30.1 Å². The van der Waals surface area contributed by atoms with Crippen molar-refractivity contribution < 1.29 is 14.3 Å². The maximum atomic E-state index is 13.4. The number of nitrogens with one attached hydrogen (secondary N) is 1. The molecule has 15 heteroatoms. The summed E-state index contributed by atoms with van der Waals surface area (Å²) in [5.74, 6) is 0.559. The lowest BCUT2D eigenvalue weighted by molar-refractivity contribution is -0.140. The molecule has 1 N–H and O–H groups in total. The number of thiazole rings is 1. The molecule has 1 saturated carbocycles. The highest BCUT2D eigenvalue weighted by Gasteiger charge is 2.31. The Morgan fingerprint density at radius 1 is 0.896 bits per heavy atom. The summed E-state index contributed by atoms with van der Waals surface area (Å²) in [6.07, 6.45) is 9.73. The van der Waals surface area contributed by atoms with E-state index in [2.05, 4.69) is 25.0 Å². The number of aromatic nitrogens is 2. The number of anilines is 3. The van der Waals surface area contributed by atoms with Crippen LogP contribution >= 0.6 is 58.3 Å². The van der Waals surface area contributed by atoms with Gasteiger partial charge in [0, 0.05) is 75.9 Å². The molecule has 4 fully saturated rings. The lowest BCUT2D eigenvalue weighted by Gasteiger charge is -2.41. The van der Waals surface area contributed by atoms with Crippen LogP contribution in [0.3, 0.4) is 0 Å². The van der Waals surface area contributed by atoms with Crippen LogP contribution in [0, 0.1) is 5.92 Å². The standard InChI is InChI=1S/C33H41Cl2N7O3S2.ClH/c34-24-19-27(46-21-24)28-32(42-12-10-39(11-13-42)25-4-2-1-3-5-25)47-33(37-28)38-30(43)23-18-26(35)29(36-20-23)40-8-6-22(7-9-40)31(44)41-14-16-45-17-15-41;/h18-22,25H,1-17H2,(H,37,38,43);1H. The van der Waals surface area contributed by atoms with Crippen molar-refractivity contribution in [3.63, 3.8) is 0 Å².